The second-order valence-corrected chi connectivity index (χ2v) is 5.61. The van der Waals surface area contributed by atoms with Gasteiger partial charge in [-0.3, -0.25) is 0 Å². The van der Waals surface area contributed by atoms with Crippen molar-refractivity contribution in [1.82, 2.24) is 0 Å². The van der Waals surface area contributed by atoms with Crippen LogP contribution in [0.2, 0.25) is 0 Å². The van der Waals surface area contributed by atoms with Crippen LogP contribution in [-0.4, -0.2) is 16.0 Å². The molecule has 0 fully saturated rings. The molecule has 0 bridgehead atoms. The lowest BCUT2D eigenvalue weighted by Crippen LogP contribution is -2.32. The number of hydrogen-bond acceptors (Lipinski definition) is 1. The summed E-state index contributed by atoms with van der Waals surface area (Å²) in [6.45, 7) is 4.33. The molecule has 1 N–H and O–H groups in total. The Hall–Kier alpha value is 0.400. The quantitative estimate of drug-likeness (QED) is 0.736. The SMILES string of the molecule is CC1(C)C=C(/C=C/Br)[C@@H](O)C[C@@H]1Br. The van der Waals surface area contributed by atoms with E-state index in [9.17, 15) is 5.11 Å². The van der Waals surface area contributed by atoms with Crippen molar-refractivity contribution in [3.05, 3.63) is 22.7 Å². The molecule has 1 nitrogen and oxygen atoms in total. The first-order chi connectivity index (χ1) is 5.97. The first-order valence-electron chi connectivity index (χ1n) is 4.29. The number of aliphatic hydroxyl groups excluding tert-OH is 1. The normalized spacial score (nSPS) is 33.5. The number of halogens is 2. The largest absolute Gasteiger partial charge is 0.388 e. The zero-order valence-electron chi connectivity index (χ0n) is 7.80. The van der Waals surface area contributed by atoms with Gasteiger partial charge in [-0.2, -0.15) is 0 Å². The van der Waals surface area contributed by atoms with Gasteiger partial charge in [0.15, 0.2) is 0 Å². The van der Waals surface area contributed by atoms with Crippen LogP contribution in [0.15, 0.2) is 22.7 Å². The lowest BCUT2D eigenvalue weighted by molar-refractivity contribution is 0.177. The molecular weight excluding hydrogens is 296 g/mol. The molecule has 1 rings (SSSR count). The molecular formula is C10H14Br2O. The van der Waals surface area contributed by atoms with Crippen molar-refractivity contribution in [2.24, 2.45) is 5.41 Å². The molecule has 1 aliphatic carbocycles. The van der Waals surface area contributed by atoms with Gasteiger partial charge in [0.1, 0.15) is 0 Å². The third-order valence-electron chi connectivity index (χ3n) is 2.42. The molecule has 2 atom stereocenters. The van der Waals surface area contributed by atoms with Crippen molar-refractivity contribution in [1.29, 1.82) is 0 Å². The molecule has 0 aliphatic heterocycles. The summed E-state index contributed by atoms with van der Waals surface area (Å²) in [5.74, 6) is 0. The van der Waals surface area contributed by atoms with Crippen molar-refractivity contribution in [2.45, 2.75) is 31.2 Å². The third-order valence-corrected chi connectivity index (χ3v) is 4.23. The van der Waals surface area contributed by atoms with Gasteiger partial charge in [0, 0.05) is 4.83 Å². The lowest BCUT2D eigenvalue weighted by Gasteiger charge is -2.35. The second-order valence-electron chi connectivity index (χ2n) is 3.98. The van der Waals surface area contributed by atoms with Crippen molar-refractivity contribution in [3.8, 4) is 0 Å². The molecule has 0 heterocycles. The maximum atomic E-state index is 9.73. The van der Waals surface area contributed by atoms with Crippen LogP contribution in [0.1, 0.15) is 20.3 Å². The van der Waals surface area contributed by atoms with Crippen LogP contribution in [0, 0.1) is 5.41 Å². The van der Waals surface area contributed by atoms with Crippen molar-refractivity contribution >= 4 is 31.9 Å². The Morgan fingerprint density at radius 1 is 1.62 bits per heavy atom. The van der Waals surface area contributed by atoms with E-state index >= 15 is 0 Å². The standard InChI is InChI=1S/C10H14Br2O/c1-10(2)6-7(3-4-11)8(13)5-9(10)12/h3-4,6,8-9,13H,5H2,1-2H3/b4-3+/t8-,9-/m0/s1. The van der Waals surface area contributed by atoms with E-state index in [1.54, 1.807) is 4.99 Å². The van der Waals surface area contributed by atoms with Gasteiger partial charge in [-0.25, -0.2) is 0 Å². The van der Waals surface area contributed by atoms with Crippen LogP contribution in [0.4, 0.5) is 0 Å². The smallest absolute Gasteiger partial charge is 0.0798 e. The lowest BCUT2D eigenvalue weighted by atomic mass is 9.78. The van der Waals surface area contributed by atoms with Gasteiger partial charge in [0.2, 0.25) is 0 Å². The van der Waals surface area contributed by atoms with Gasteiger partial charge < -0.3 is 5.11 Å². The molecule has 13 heavy (non-hydrogen) atoms. The fraction of sp³-hybridized carbons (Fsp3) is 0.600. The molecule has 0 amide bonds. The molecule has 0 unspecified atom stereocenters. The summed E-state index contributed by atoms with van der Waals surface area (Å²) < 4.78 is 0. The van der Waals surface area contributed by atoms with Gasteiger partial charge in [0.25, 0.3) is 0 Å². The molecule has 1 aliphatic rings. The molecule has 0 aromatic heterocycles. The Labute approximate surface area is 96.2 Å². The van der Waals surface area contributed by atoms with E-state index in [1.165, 1.54) is 0 Å². The van der Waals surface area contributed by atoms with Crippen LogP contribution in [0.5, 0.6) is 0 Å². The summed E-state index contributed by atoms with van der Waals surface area (Å²) in [4.78, 5) is 2.13. The Morgan fingerprint density at radius 3 is 2.77 bits per heavy atom. The van der Waals surface area contributed by atoms with Gasteiger partial charge >= 0.3 is 0 Å². The minimum absolute atomic E-state index is 0.112. The van der Waals surface area contributed by atoms with Crippen LogP contribution < -0.4 is 0 Å². The van der Waals surface area contributed by atoms with Crippen LogP contribution in [-0.2, 0) is 0 Å². The van der Waals surface area contributed by atoms with E-state index in [2.05, 4.69) is 51.8 Å². The average Bonchev–Trinajstić information content (AvgIpc) is 2.00. The highest BCUT2D eigenvalue weighted by Gasteiger charge is 2.33. The van der Waals surface area contributed by atoms with Gasteiger partial charge in [-0.05, 0) is 28.5 Å². The van der Waals surface area contributed by atoms with Crippen molar-refractivity contribution < 1.29 is 5.11 Å². The van der Waals surface area contributed by atoms with E-state index in [-0.39, 0.29) is 11.5 Å². The summed E-state index contributed by atoms with van der Waals surface area (Å²) in [6.07, 6.45) is 4.46. The summed E-state index contributed by atoms with van der Waals surface area (Å²) in [7, 11) is 0. The number of rotatable bonds is 1. The molecule has 0 spiro atoms. The predicted molar refractivity (Wildman–Crippen MR) is 63.3 cm³/mol. The molecule has 3 heteroatoms. The Balaban J connectivity index is 2.94. The van der Waals surface area contributed by atoms with E-state index < -0.39 is 0 Å². The summed E-state index contributed by atoms with van der Waals surface area (Å²) in [5.41, 5.74) is 1.11. The minimum Gasteiger partial charge on any atom is -0.388 e. The molecule has 0 saturated carbocycles. The second kappa shape index (κ2) is 4.28. The molecule has 0 aromatic rings. The van der Waals surface area contributed by atoms with Crippen LogP contribution >= 0.6 is 31.9 Å². The number of aliphatic hydroxyl groups is 1. The van der Waals surface area contributed by atoms with Crippen molar-refractivity contribution in [2.75, 3.05) is 0 Å². The summed E-state index contributed by atoms with van der Waals surface area (Å²) in [6, 6.07) is 0. The maximum Gasteiger partial charge on any atom is 0.0798 e. The Bertz CT molecular complexity index is 243. The Kier molecular flexibility index (Phi) is 3.78. The van der Waals surface area contributed by atoms with Crippen molar-refractivity contribution in [3.63, 3.8) is 0 Å². The highest BCUT2D eigenvalue weighted by atomic mass is 79.9. The first-order valence-corrected chi connectivity index (χ1v) is 6.12. The first kappa shape index (κ1) is 11.5. The zero-order valence-corrected chi connectivity index (χ0v) is 11.0. The van der Waals surface area contributed by atoms with E-state index in [4.69, 9.17) is 0 Å². The average molecular weight is 310 g/mol. The highest BCUT2D eigenvalue weighted by Crippen LogP contribution is 2.38. The van der Waals surface area contributed by atoms with Gasteiger partial charge in [-0.15, -0.1) is 0 Å². The number of hydrogen-bond donors (Lipinski definition) is 1. The summed E-state index contributed by atoms with van der Waals surface area (Å²) >= 11 is 6.81. The fourth-order valence-corrected chi connectivity index (χ4v) is 2.28. The van der Waals surface area contributed by atoms with Crippen LogP contribution in [0.3, 0.4) is 0 Å². The van der Waals surface area contributed by atoms with Gasteiger partial charge in [-0.1, -0.05) is 51.8 Å². The fourth-order valence-electron chi connectivity index (χ4n) is 1.48. The van der Waals surface area contributed by atoms with E-state index in [1.807, 2.05) is 6.08 Å². The summed E-state index contributed by atoms with van der Waals surface area (Å²) in [5, 5.41) is 9.73. The number of alkyl halides is 1. The molecule has 0 radical (unpaired) electrons. The Morgan fingerprint density at radius 2 is 2.23 bits per heavy atom. The van der Waals surface area contributed by atoms with Crippen LogP contribution in [0.25, 0.3) is 0 Å². The minimum atomic E-state index is -0.341. The zero-order chi connectivity index (χ0) is 10.1. The third kappa shape index (κ3) is 2.67. The van der Waals surface area contributed by atoms with Gasteiger partial charge in [0.05, 0.1) is 6.10 Å². The van der Waals surface area contributed by atoms with E-state index in [0.717, 1.165) is 12.0 Å². The topological polar surface area (TPSA) is 20.2 Å². The monoisotopic (exact) mass is 308 g/mol. The predicted octanol–water partition coefficient (Wildman–Crippen LogP) is 3.38. The number of allylic oxidation sites excluding steroid dienone is 1. The highest BCUT2D eigenvalue weighted by molar-refractivity contribution is 9.11. The maximum absolute atomic E-state index is 9.73. The van der Waals surface area contributed by atoms with E-state index in [0.29, 0.717) is 4.83 Å². The molecule has 0 aromatic carbocycles. The molecule has 74 valence electrons. The molecule has 0 saturated heterocycles.